The van der Waals surface area contributed by atoms with Crippen LogP contribution >= 0.6 is 0 Å². The van der Waals surface area contributed by atoms with E-state index in [1.165, 1.54) is 16.7 Å². The summed E-state index contributed by atoms with van der Waals surface area (Å²) >= 11 is 0. The Morgan fingerprint density at radius 3 is 2.68 bits per heavy atom. The molecular formula is C16H22O3. The van der Waals surface area contributed by atoms with Gasteiger partial charge in [0.15, 0.2) is 0 Å². The predicted octanol–water partition coefficient (Wildman–Crippen LogP) is 2.97. The lowest BCUT2D eigenvalue weighted by atomic mass is 9.81. The summed E-state index contributed by atoms with van der Waals surface area (Å²) in [5.41, 5.74) is 3.54. The van der Waals surface area contributed by atoms with E-state index in [4.69, 9.17) is 4.74 Å². The molecule has 3 nitrogen and oxygen atoms in total. The lowest BCUT2D eigenvalue weighted by molar-refractivity contribution is -0.145. The third kappa shape index (κ3) is 3.57. The number of benzene rings is 1. The molecule has 104 valence electrons. The van der Waals surface area contributed by atoms with Crippen molar-refractivity contribution in [3.8, 4) is 0 Å². The topological polar surface area (TPSA) is 46.5 Å². The zero-order chi connectivity index (χ0) is 13.8. The molecule has 1 aromatic carbocycles. The van der Waals surface area contributed by atoms with Crippen molar-refractivity contribution in [3.05, 3.63) is 34.9 Å². The average Bonchev–Trinajstić information content (AvgIpc) is 2.40. The molecule has 1 aliphatic rings. The highest BCUT2D eigenvalue weighted by atomic mass is 16.5. The zero-order valence-corrected chi connectivity index (χ0v) is 11.7. The summed E-state index contributed by atoms with van der Waals surface area (Å²) in [6.45, 7) is 5.49. The van der Waals surface area contributed by atoms with E-state index in [1.54, 1.807) is 0 Å². The Hall–Kier alpha value is -1.35. The van der Waals surface area contributed by atoms with Gasteiger partial charge in [-0.15, -0.1) is 0 Å². The highest BCUT2D eigenvalue weighted by Crippen LogP contribution is 2.28. The van der Waals surface area contributed by atoms with Crippen molar-refractivity contribution in [3.63, 3.8) is 0 Å². The highest BCUT2D eigenvalue weighted by Gasteiger charge is 2.30. The molecule has 19 heavy (non-hydrogen) atoms. The van der Waals surface area contributed by atoms with E-state index >= 15 is 0 Å². The van der Waals surface area contributed by atoms with Gasteiger partial charge in [0.1, 0.15) is 0 Å². The van der Waals surface area contributed by atoms with Crippen LogP contribution in [-0.4, -0.2) is 24.3 Å². The van der Waals surface area contributed by atoms with Crippen molar-refractivity contribution in [1.82, 2.24) is 0 Å². The summed E-state index contributed by atoms with van der Waals surface area (Å²) in [5.74, 6) is -0.719. The van der Waals surface area contributed by atoms with Crippen molar-refractivity contribution in [2.45, 2.75) is 33.1 Å². The number of aryl methyl sites for hydroxylation is 2. The largest absolute Gasteiger partial charge is 0.481 e. The van der Waals surface area contributed by atoms with E-state index in [0.717, 1.165) is 12.8 Å². The van der Waals surface area contributed by atoms with Crippen LogP contribution in [0.1, 0.15) is 29.5 Å². The van der Waals surface area contributed by atoms with Crippen LogP contribution in [0.2, 0.25) is 0 Å². The molecule has 0 radical (unpaired) electrons. The molecule has 0 saturated carbocycles. The van der Waals surface area contributed by atoms with Crippen molar-refractivity contribution >= 4 is 5.97 Å². The Bertz CT molecular complexity index is 447. The van der Waals surface area contributed by atoms with Crippen LogP contribution in [0, 0.1) is 25.7 Å². The molecule has 1 fully saturated rings. The van der Waals surface area contributed by atoms with E-state index < -0.39 is 5.97 Å². The molecule has 1 atom stereocenters. The third-order valence-electron chi connectivity index (χ3n) is 4.10. The second-order valence-corrected chi connectivity index (χ2v) is 5.53. The Kier molecular flexibility index (Phi) is 4.59. The Morgan fingerprint density at radius 1 is 1.37 bits per heavy atom. The Morgan fingerprint density at radius 2 is 2.05 bits per heavy atom. The number of ether oxygens (including phenoxy) is 1. The molecule has 0 aliphatic carbocycles. The minimum absolute atomic E-state index is 0.242. The molecule has 1 unspecified atom stereocenters. The maximum absolute atomic E-state index is 11.6. The van der Waals surface area contributed by atoms with Gasteiger partial charge in [-0.1, -0.05) is 23.8 Å². The second-order valence-electron chi connectivity index (χ2n) is 5.53. The minimum atomic E-state index is -0.673. The summed E-state index contributed by atoms with van der Waals surface area (Å²) in [5, 5.41) is 9.51. The first-order valence-corrected chi connectivity index (χ1v) is 6.94. The number of hydrogen-bond acceptors (Lipinski definition) is 2. The van der Waals surface area contributed by atoms with Crippen LogP contribution < -0.4 is 0 Å². The molecule has 1 aliphatic heterocycles. The molecule has 1 heterocycles. The molecule has 0 aromatic heterocycles. The SMILES string of the molecule is Cc1ccc(C)c(CC(C(=O)O)C2CCOCC2)c1. The number of rotatable bonds is 4. The molecular weight excluding hydrogens is 240 g/mol. The van der Waals surface area contributed by atoms with Crippen LogP contribution in [0.5, 0.6) is 0 Å². The van der Waals surface area contributed by atoms with Crippen LogP contribution in [0.3, 0.4) is 0 Å². The van der Waals surface area contributed by atoms with Gasteiger partial charge in [-0.25, -0.2) is 0 Å². The van der Waals surface area contributed by atoms with Gasteiger partial charge in [0.05, 0.1) is 5.92 Å². The fraction of sp³-hybridized carbons (Fsp3) is 0.562. The van der Waals surface area contributed by atoms with Gasteiger partial charge in [-0.2, -0.15) is 0 Å². The molecule has 1 aromatic rings. The lowest BCUT2D eigenvalue weighted by Gasteiger charge is -2.28. The molecule has 1 saturated heterocycles. The monoisotopic (exact) mass is 262 g/mol. The first kappa shape index (κ1) is 14.1. The van der Waals surface area contributed by atoms with Gasteiger partial charge in [0.25, 0.3) is 0 Å². The van der Waals surface area contributed by atoms with Crippen LogP contribution in [0.4, 0.5) is 0 Å². The summed E-state index contributed by atoms with van der Waals surface area (Å²) in [6.07, 6.45) is 2.36. The number of hydrogen-bond donors (Lipinski definition) is 1. The quantitative estimate of drug-likeness (QED) is 0.907. The van der Waals surface area contributed by atoms with Crippen LogP contribution in [0.25, 0.3) is 0 Å². The summed E-state index contributed by atoms with van der Waals surface area (Å²) < 4.78 is 5.33. The summed E-state index contributed by atoms with van der Waals surface area (Å²) in [7, 11) is 0. The summed E-state index contributed by atoms with van der Waals surface area (Å²) in [6, 6.07) is 6.27. The van der Waals surface area contributed by atoms with E-state index in [1.807, 2.05) is 6.92 Å². The number of carboxylic acids is 1. The maximum Gasteiger partial charge on any atom is 0.307 e. The van der Waals surface area contributed by atoms with Crippen molar-refractivity contribution in [1.29, 1.82) is 0 Å². The van der Waals surface area contributed by atoms with E-state index in [2.05, 4.69) is 25.1 Å². The number of carbonyl (C=O) groups is 1. The molecule has 0 amide bonds. The fourth-order valence-electron chi connectivity index (χ4n) is 2.83. The lowest BCUT2D eigenvalue weighted by Crippen LogP contribution is -2.30. The van der Waals surface area contributed by atoms with E-state index in [0.29, 0.717) is 19.6 Å². The van der Waals surface area contributed by atoms with Crippen LogP contribution in [0.15, 0.2) is 18.2 Å². The molecule has 3 heteroatoms. The van der Waals surface area contributed by atoms with Gasteiger partial charge < -0.3 is 9.84 Å². The van der Waals surface area contributed by atoms with E-state index in [9.17, 15) is 9.90 Å². The smallest absolute Gasteiger partial charge is 0.307 e. The van der Waals surface area contributed by atoms with Gasteiger partial charge in [-0.3, -0.25) is 4.79 Å². The van der Waals surface area contributed by atoms with Crippen molar-refractivity contribution < 1.29 is 14.6 Å². The summed E-state index contributed by atoms with van der Waals surface area (Å²) in [4.78, 5) is 11.6. The minimum Gasteiger partial charge on any atom is -0.481 e. The Labute approximate surface area is 114 Å². The second kappa shape index (κ2) is 6.20. The number of aliphatic carboxylic acids is 1. The first-order chi connectivity index (χ1) is 9.08. The standard InChI is InChI=1S/C16H22O3/c1-11-3-4-12(2)14(9-11)10-15(16(17)18)13-5-7-19-8-6-13/h3-4,9,13,15H,5-8,10H2,1-2H3,(H,17,18). The Balaban J connectivity index is 2.15. The molecule has 0 spiro atoms. The van der Waals surface area contributed by atoms with Crippen LogP contribution in [-0.2, 0) is 16.0 Å². The number of carboxylic acid groups (broad SMARTS) is 1. The maximum atomic E-state index is 11.6. The fourth-order valence-corrected chi connectivity index (χ4v) is 2.83. The van der Waals surface area contributed by atoms with E-state index in [-0.39, 0.29) is 11.8 Å². The normalized spacial score (nSPS) is 18.2. The molecule has 1 N–H and O–H groups in total. The molecule has 2 rings (SSSR count). The zero-order valence-electron chi connectivity index (χ0n) is 11.7. The van der Waals surface area contributed by atoms with Gasteiger partial charge in [0.2, 0.25) is 0 Å². The predicted molar refractivity (Wildman–Crippen MR) is 74.3 cm³/mol. The highest BCUT2D eigenvalue weighted by molar-refractivity contribution is 5.71. The molecule has 0 bridgehead atoms. The average molecular weight is 262 g/mol. The van der Waals surface area contributed by atoms with Crippen molar-refractivity contribution in [2.24, 2.45) is 11.8 Å². The van der Waals surface area contributed by atoms with Gasteiger partial charge in [-0.05, 0) is 50.2 Å². The first-order valence-electron chi connectivity index (χ1n) is 6.94. The third-order valence-corrected chi connectivity index (χ3v) is 4.10. The van der Waals surface area contributed by atoms with Crippen molar-refractivity contribution in [2.75, 3.05) is 13.2 Å². The van der Waals surface area contributed by atoms with Gasteiger partial charge in [0, 0.05) is 13.2 Å². The van der Waals surface area contributed by atoms with Gasteiger partial charge >= 0.3 is 5.97 Å².